The maximum Gasteiger partial charge on any atom is 0.336 e. The minimum Gasteiger partial charge on any atom is -0.478 e. The first-order valence-electron chi connectivity index (χ1n) is 6.08. The molecule has 0 aliphatic carbocycles. The van der Waals surface area contributed by atoms with Crippen molar-refractivity contribution in [2.24, 2.45) is 0 Å². The van der Waals surface area contributed by atoms with Gasteiger partial charge in [-0.2, -0.15) is 0 Å². The highest BCUT2D eigenvalue weighted by Gasteiger charge is 2.08. The second-order valence-corrected chi connectivity index (χ2v) is 4.15. The minimum absolute atomic E-state index is 0.274. The fourth-order valence-corrected chi connectivity index (χ4v) is 1.87. The fraction of sp³-hybridized carbons (Fsp3) is 0.286. The summed E-state index contributed by atoms with van der Waals surface area (Å²) in [6.45, 7) is 1.47. The third-order valence-electron chi connectivity index (χ3n) is 2.79. The van der Waals surface area contributed by atoms with Gasteiger partial charge in [0, 0.05) is 25.6 Å². The number of aromatic carboxylic acids is 1. The van der Waals surface area contributed by atoms with Crippen LogP contribution in [0.4, 0.5) is 5.82 Å². The molecule has 2 N–H and O–H groups in total. The highest BCUT2D eigenvalue weighted by molar-refractivity contribution is 6.02. The van der Waals surface area contributed by atoms with Gasteiger partial charge in [-0.05, 0) is 30.7 Å². The lowest BCUT2D eigenvalue weighted by molar-refractivity contribution is 0.0699. The number of benzene rings is 1. The van der Waals surface area contributed by atoms with E-state index in [1.807, 2.05) is 6.07 Å². The van der Waals surface area contributed by atoms with Gasteiger partial charge in [0.05, 0.1) is 11.1 Å². The van der Waals surface area contributed by atoms with E-state index in [9.17, 15) is 4.79 Å². The summed E-state index contributed by atoms with van der Waals surface area (Å²) >= 11 is 0. The Morgan fingerprint density at radius 1 is 1.37 bits per heavy atom. The number of carboxylic acids is 1. The van der Waals surface area contributed by atoms with E-state index in [0.717, 1.165) is 18.8 Å². The highest BCUT2D eigenvalue weighted by atomic mass is 16.5. The molecular weight excluding hydrogens is 244 g/mol. The Bertz CT molecular complexity index is 584. The van der Waals surface area contributed by atoms with Crippen molar-refractivity contribution in [3.8, 4) is 0 Å². The first kappa shape index (κ1) is 13.3. The van der Waals surface area contributed by atoms with Crippen LogP contribution in [0.5, 0.6) is 0 Å². The van der Waals surface area contributed by atoms with Gasteiger partial charge in [0.25, 0.3) is 0 Å². The normalized spacial score (nSPS) is 10.6. The molecule has 1 heterocycles. The fourth-order valence-electron chi connectivity index (χ4n) is 1.87. The van der Waals surface area contributed by atoms with Crippen LogP contribution in [0.1, 0.15) is 16.8 Å². The van der Waals surface area contributed by atoms with Gasteiger partial charge in [-0.25, -0.2) is 9.78 Å². The first-order valence-corrected chi connectivity index (χ1v) is 6.08. The zero-order valence-electron chi connectivity index (χ0n) is 10.7. The zero-order valence-corrected chi connectivity index (χ0v) is 10.7. The topological polar surface area (TPSA) is 71.5 Å². The van der Waals surface area contributed by atoms with Crippen LogP contribution in [0.15, 0.2) is 30.3 Å². The number of rotatable bonds is 6. The molecule has 0 saturated carbocycles. The van der Waals surface area contributed by atoms with Crippen LogP contribution in [0.3, 0.4) is 0 Å². The molecule has 2 rings (SSSR count). The average Bonchev–Trinajstić information content (AvgIpc) is 2.42. The number of nitrogens with one attached hydrogen (secondary N) is 1. The number of fused-ring (bicyclic) bond motifs is 1. The van der Waals surface area contributed by atoms with Crippen LogP contribution >= 0.6 is 0 Å². The van der Waals surface area contributed by atoms with E-state index >= 15 is 0 Å². The van der Waals surface area contributed by atoms with E-state index < -0.39 is 5.97 Å². The molecule has 1 aromatic carbocycles. The lowest BCUT2D eigenvalue weighted by Crippen LogP contribution is -2.06. The van der Waals surface area contributed by atoms with Crippen molar-refractivity contribution >= 4 is 22.7 Å². The second kappa shape index (κ2) is 6.15. The molecule has 0 bridgehead atoms. The Labute approximate surface area is 111 Å². The number of hydrogen-bond donors (Lipinski definition) is 2. The molecule has 0 atom stereocenters. The number of methoxy groups -OCH3 is 1. The summed E-state index contributed by atoms with van der Waals surface area (Å²) in [5, 5.41) is 12.9. The van der Waals surface area contributed by atoms with Crippen LogP contribution in [0, 0.1) is 0 Å². The minimum atomic E-state index is -0.937. The number of pyridine rings is 1. The molecule has 19 heavy (non-hydrogen) atoms. The summed E-state index contributed by atoms with van der Waals surface area (Å²) in [5.41, 5.74) is 0.951. The molecule has 5 heteroatoms. The predicted molar refractivity (Wildman–Crippen MR) is 73.7 cm³/mol. The van der Waals surface area contributed by atoms with Gasteiger partial charge in [-0.3, -0.25) is 0 Å². The number of carboxylic acid groups (broad SMARTS) is 1. The number of nitrogens with zero attached hydrogens (tertiary/aromatic N) is 1. The largest absolute Gasteiger partial charge is 0.478 e. The Hall–Kier alpha value is -2.14. The summed E-state index contributed by atoms with van der Waals surface area (Å²) in [6.07, 6.45) is 0.894. The van der Waals surface area contributed by atoms with E-state index in [1.165, 1.54) is 0 Å². The molecule has 1 aromatic heterocycles. The number of carbonyl (C=O) groups is 1. The molecule has 0 amide bonds. The van der Waals surface area contributed by atoms with E-state index in [2.05, 4.69) is 10.3 Å². The quantitative estimate of drug-likeness (QED) is 0.780. The lowest BCUT2D eigenvalue weighted by Gasteiger charge is -2.07. The van der Waals surface area contributed by atoms with E-state index in [1.54, 1.807) is 31.4 Å². The van der Waals surface area contributed by atoms with Crippen molar-refractivity contribution < 1.29 is 14.6 Å². The van der Waals surface area contributed by atoms with Crippen molar-refractivity contribution in [2.75, 3.05) is 25.6 Å². The molecule has 2 aromatic rings. The van der Waals surface area contributed by atoms with Crippen molar-refractivity contribution in [1.82, 2.24) is 4.98 Å². The van der Waals surface area contributed by atoms with Gasteiger partial charge in [0.15, 0.2) is 0 Å². The second-order valence-electron chi connectivity index (χ2n) is 4.15. The third-order valence-corrected chi connectivity index (χ3v) is 2.79. The third kappa shape index (κ3) is 3.20. The van der Waals surface area contributed by atoms with Gasteiger partial charge in [0.1, 0.15) is 5.82 Å². The molecular formula is C14H16N2O3. The van der Waals surface area contributed by atoms with E-state index in [-0.39, 0.29) is 5.56 Å². The van der Waals surface area contributed by atoms with Crippen LogP contribution < -0.4 is 5.32 Å². The van der Waals surface area contributed by atoms with Crippen LogP contribution in [-0.4, -0.2) is 36.3 Å². The van der Waals surface area contributed by atoms with Crippen LogP contribution in [0.2, 0.25) is 0 Å². The molecule has 100 valence electrons. The monoisotopic (exact) mass is 260 g/mol. The van der Waals surface area contributed by atoms with Gasteiger partial charge in [-0.15, -0.1) is 0 Å². The molecule has 0 spiro atoms. The van der Waals surface area contributed by atoms with Crippen molar-refractivity contribution in [2.45, 2.75) is 6.42 Å². The molecule has 0 aliphatic heterocycles. The molecule has 0 fully saturated rings. The Kier molecular flexibility index (Phi) is 4.30. The summed E-state index contributed by atoms with van der Waals surface area (Å²) in [7, 11) is 1.67. The molecule has 0 aliphatic rings. The smallest absolute Gasteiger partial charge is 0.336 e. The van der Waals surface area contributed by atoms with Gasteiger partial charge in [-0.1, -0.05) is 6.07 Å². The number of hydrogen-bond acceptors (Lipinski definition) is 4. The van der Waals surface area contributed by atoms with Gasteiger partial charge < -0.3 is 15.2 Å². The molecule has 0 unspecified atom stereocenters. The maximum absolute atomic E-state index is 11.1. The molecule has 5 nitrogen and oxygen atoms in total. The zero-order chi connectivity index (χ0) is 13.7. The summed E-state index contributed by atoms with van der Waals surface area (Å²) in [6, 6.07) is 8.67. The summed E-state index contributed by atoms with van der Waals surface area (Å²) < 4.78 is 4.97. The van der Waals surface area contributed by atoms with E-state index in [4.69, 9.17) is 9.84 Å². The summed E-state index contributed by atoms with van der Waals surface area (Å²) in [4.78, 5) is 15.5. The van der Waals surface area contributed by atoms with Crippen molar-refractivity contribution in [3.63, 3.8) is 0 Å². The number of ether oxygens (including phenoxy) is 1. The van der Waals surface area contributed by atoms with Gasteiger partial charge in [0.2, 0.25) is 0 Å². The van der Waals surface area contributed by atoms with Crippen LogP contribution in [0.25, 0.3) is 10.9 Å². The molecule has 0 saturated heterocycles. The average molecular weight is 260 g/mol. The van der Waals surface area contributed by atoms with E-state index in [0.29, 0.717) is 17.5 Å². The number of anilines is 1. The Morgan fingerprint density at radius 2 is 2.21 bits per heavy atom. The van der Waals surface area contributed by atoms with Gasteiger partial charge >= 0.3 is 5.97 Å². The van der Waals surface area contributed by atoms with Crippen molar-refractivity contribution in [1.29, 1.82) is 0 Å². The maximum atomic E-state index is 11.1. The standard InChI is InChI=1S/C14H16N2O3/c1-19-9-3-8-15-13-7-6-10-11(14(17)18)4-2-5-12(10)16-13/h2,4-7H,3,8-9H2,1H3,(H,15,16)(H,17,18). The predicted octanol–water partition coefficient (Wildman–Crippen LogP) is 2.38. The van der Waals surface area contributed by atoms with Crippen molar-refractivity contribution in [3.05, 3.63) is 35.9 Å². The molecule has 0 radical (unpaired) electrons. The Morgan fingerprint density at radius 3 is 2.95 bits per heavy atom. The SMILES string of the molecule is COCCCNc1ccc2c(C(=O)O)cccc2n1. The lowest BCUT2D eigenvalue weighted by atomic mass is 10.1. The van der Waals surface area contributed by atoms with Crippen LogP contribution in [-0.2, 0) is 4.74 Å². The summed E-state index contributed by atoms with van der Waals surface area (Å²) in [5.74, 6) is -0.195. The number of aromatic nitrogens is 1. The highest BCUT2D eigenvalue weighted by Crippen LogP contribution is 2.19. The first-order chi connectivity index (χ1) is 9.22. The Balaban J connectivity index is 2.19.